The highest BCUT2D eigenvalue weighted by molar-refractivity contribution is 7.89. The van der Waals surface area contributed by atoms with Crippen molar-refractivity contribution in [1.29, 1.82) is 0 Å². The predicted molar refractivity (Wildman–Crippen MR) is 69.6 cm³/mol. The van der Waals surface area contributed by atoms with Crippen molar-refractivity contribution in [2.45, 2.75) is 25.7 Å². The van der Waals surface area contributed by atoms with Crippen LogP contribution in [-0.4, -0.2) is 28.1 Å². The van der Waals surface area contributed by atoms with E-state index in [1.165, 1.54) is 0 Å². The van der Waals surface area contributed by atoms with Crippen LogP contribution in [0.3, 0.4) is 0 Å². The van der Waals surface area contributed by atoms with Crippen molar-refractivity contribution >= 4 is 10.0 Å². The van der Waals surface area contributed by atoms with E-state index in [1.807, 2.05) is 26.8 Å². The quantitative estimate of drug-likeness (QED) is 0.752. The summed E-state index contributed by atoms with van der Waals surface area (Å²) in [4.78, 5) is 0.339. The second-order valence-corrected chi connectivity index (χ2v) is 5.84. The summed E-state index contributed by atoms with van der Waals surface area (Å²) >= 11 is 0. The van der Waals surface area contributed by atoms with Crippen LogP contribution in [0.2, 0.25) is 0 Å². The average Bonchev–Trinajstić information content (AvgIpc) is 2.23. The molecule has 0 aliphatic heterocycles. The van der Waals surface area contributed by atoms with E-state index in [1.54, 1.807) is 12.1 Å². The van der Waals surface area contributed by atoms with E-state index in [2.05, 4.69) is 10.0 Å². The molecule has 4 nitrogen and oxygen atoms in total. The van der Waals surface area contributed by atoms with Gasteiger partial charge in [-0.15, -0.1) is 0 Å². The molecule has 0 atom stereocenters. The van der Waals surface area contributed by atoms with Crippen LogP contribution in [0.5, 0.6) is 0 Å². The molecule has 0 aliphatic carbocycles. The molecule has 0 saturated heterocycles. The summed E-state index contributed by atoms with van der Waals surface area (Å²) in [5.74, 6) is 0. The maximum atomic E-state index is 12.0. The van der Waals surface area contributed by atoms with Gasteiger partial charge in [-0.2, -0.15) is 0 Å². The van der Waals surface area contributed by atoms with Crippen molar-refractivity contribution in [3.8, 4) is 0 Å². The van der Waals surface area contributed by atoms with Crippen molar-refractivity contribution in [3.05, 3.63) is 29.3 Å². The molecule has 1 rings (SSSR count). The normalized spacial score (nSPS) is 11.7. The van der Waals surface area contributed by atoms with Gasteiger partial charge in [-0.1, -0.05) is 13.0 Å². The van der Waals surface area contributed by atoms with Crippen LogP contribution >= 0.6 is 0 Å². The monoisotopic (exact) mass is 256 g/mol. The van der Waals surface area contributed by atoms with Gasteiger partial charge >= 0.3 is 0 Å². The number of rotatable bonds is 6. The van der Waals surface area contributed by atoms with Crippen LogP contribution in [0.1, 0.15) is 18.1 Å². The lowest BCUT2D eigenvalue weighted by molar-refractivity contribution is 0.577. The van der Waals surface area contributed by atoms with Crippen LogP contribution in [-0.2, 0) is 10.0 Å². The summed E-state index contributed by atoms with van der Waals surface area (Å²) in [5.41, 5.74) is 1.91. The highest BCUT2D eigenvalue weighted by atomic mass is 32.2. The maximum absolute atomic E-state index is 12.0. The molecule has 0 bridgehead atoms. The van der Waals surface area contributed by atoms with Gasteiger partial charge in [-0.05, 0) is 43.7 Å². The fourth-order valence-corrected chi connectivity index (χ4v) is 2.84. The largest absolute Gasteiger partial charge is 0.316 e. The number of sulfonamides is 1. The summed E-state index contributed by atoms with van der Waals surface area (Å²) in [6.07, 6.45) is 0. The van der Waals surface area contributed by atoms with Crippen molar-refractivity contribution in [3.63, 3.8) is 0 Å². The Morgan fingerprint density at radius 1 is 1.06 bits per heavy atom. The van der Waals surface area contributed by atoms with E-state index in [9.17, 15) is 8.42 Å². The van der Waals surface area contributed by atoms with Gasteiger partial charge in [-0.25, -0.2) is 13.1 Å². The van der Waals surface area contributed by atoms with Crippen molar-refractivity contribution in [2.24, 2.45) is 0 Å². The van der Waals surface area contributed by atoms with Crippen LogP contribution in [0, 0.1) is 13.8 Å². The first-order chi connectivity index (χ1) is 7.95. The summed E-state index contributed by atoms with van der Waals surface area (Å²) in [6, 6.07) is 5.32. The Bertz CT molecular complexity index is 449. The Kier molecular flexibility index (Phi) is 5.11. The molecule has 0 aliphatic rings. The lowest BCUT2D eigenvalue weighted by Gasteiger charge is -2.08. The Hall–Kier alpha value is -0.910. The first-order valence-corrected chi connectivity index (χ1v) is 7.22. The summed E-state index contributed by atoms with van der Waals surface area (Å²) in [6.45, 7) is 7.66. The topological polar surface area (TPSA) is 58.2 Å². The fourth-order valence-electron chi connectivity index (χ4n) is 1.62. The average molecular weight is 256 g/mol. The lowest BCUT2D eigenvalue weighted by Crippen LogP contribution is -2.31. The Morgan fingerprint density at radius 2 is 1.65 bits per heavy atom. The predicted octanol–water partition coefficient (Wildman–Crippen LogP) is 1.19. The molecule has 1 aromatic carbocycles. The van der Waals surface area contributed by atoms with Gasteiger partial charge in [-0.3, -0.25) is 0 Å². The second kappa shape index (κ2) is 6.14. The highest BCUT2D eigenvalue weighted by Crippen LogP contribution is 2.13. The number of hydrogen-bond acceptors (Lipinski definition) is 3. The van der Waals surface area contributed by atoms with Gasteiger partial charge in [0.15, 0.2) is 0 Å². The SMILES string of the molecule is CCNCCNS(=O)(=O)c1cc(C)cc(C)c1. The van der Waals surface area contributed by atoms with Crippen LogP contribution in [0.25, 0.3) is 0 Å². The molecule has 0 radical (unpaired) electrons. The lowest BCUT2D eigenvalue weighted by atomic mass is 10.2. The molecule has 0 saturated carbocycles. The smallest absolute Gasteiger partial charge is 0.240 e. The molecule has 1 aromatic rings. The Labute approximate surface area is 103 Å². The van der Waals surface area contributed by atoms with Gasteiger partial charge in [0, 0.05) is 13.1 Å². The van der Waals surface area contributed by atoms with Gasteiger partial charge in [0.1, 0.15) is 0 Å². The van der Waals surface area contributed by atoms with Crippen molar-refractivity contribution in [1.82, 2.24) is 10.0 Å². The first-order valence-electron chi connectivity index (χ1n) is 5.74. The van der Waals surface area contributed by atoms with E-state index in [-0.39, 0.29) is 0 Å². The molecule has 2 N–H and O–H groups in total. The van der Waals surface area contributed by atoms with Gasteiger partial charge in [0.05, 0.1) is 4.90 Å². The molecule has 5 heteroatoms. The number of nitrogens with one attached hydrogen (secondary N) is 2. The molecule has 0 heterocycles. The van der Waals surface area contributed by atoms with E-state index < -0.39 is 10.0 Å². The third-order valence-corrected chi connectivity index (χ3v) is 3.79. The minimum Gasteiger partial charge on any atom is -0.316 e. The minimum atomic E-state index is -3.38. The Balaban J connectivity index is 2.75. The zero-order chi connectivity index (χ0) is 12.9. The highest BCUT2D eigenvalue weighted by Gasteiger charge is 2.13. The standard InChI is InChI=1S/C12H20N2O2S/c1-4-13-5-6-14-17(15,16)12-8-10(2)7-11(3)9-12/h7-9,13-14H,4-6H2,1-3H3. The number of likely N-dealkylation sites (N-methyl/N-ethyl adjacent to an activating group) is 1. The molecule has 0 spiro atoms. The second-order valence-electron chi connectivity index (χ2n) is 4.07. The van der Waals surface area contributed by atoms with Crippen molar-refractivity contribution in [2.75, 3.05) is 19.6 Å². The van der Waals surface area contributed by atoms with Gasteiger partial charge in [0.25, 0.3) is 0 Å². The van der Waals surface area contributed by atoms with Crippen LogP contribution in [0.4, 0.5) is 0 Å². The van der Waals surface area contributed by atoms with E-state index in [0.717, 1.165) is 17.7 Å². The first kappa shape index (κ1) is 14.2. The number of aryl methyl sites for hydroxylation is 2. The van der Waals surface area contributed by atoms with Crippen molar-refractivity contribution < 1.29 is 8.42 Å². The summed E-state index contributed by atoms with van der Waals surface area (Å²) < 4.78 is 26.5. The molecule has 0 amide bonds. The van der Waals surface area contributed by atoms with E-state index >= 15 is 0 Å². The Morgan fingerprint density at radius 3 is 2.18 bits per heavy atom. The van der Waals surface area contributed by atoms with Crippen LogP contribution < -0.4 is 10.0 Å². The molecule has 0 fully saturated rings. The molecule has 0 aromatic heterocycles. The van der Waals surface area contributed by atoms with E-state index in [4.69, 9.17) is 0 Å². The molecule has 17 heavy (non-hydrogen) atoms. The van der Waals surface area contributed by atoms with Crippen LogP contribution in [0.15, 0.2) is 23.1 Å². The summed E-state index contributed by atoms with van der Waals surface area (Å²) in [5, 5.41) is 3.07. The zero-order valence-electron chi connectivity index (χ0n) is 10.6. The third-order valence-electron chi connectivity index (χ3n) is 2.35. The number of benzene rings is 1. The molecular formula is C12H20N2O2S. The fraction of sp³-hybridized carbons (Fsp3) is 0.500. The van der Waals surface area contributed by atoms with E-state index in [0.29, 0.717) is 18.0 Å². The van der Waals surface area contributed by atoms with Gasteiger partial charge < -0.3 is 5.32 Å². The van der Waals surface area contributed by atoms with Gasteiger partial charge in [0.2, 0.25) is 10.0 Å². The molecule has 0 unspecified atom stereocenters. The number of hydrogen-bond donors (Lipinski definition) is 2. The zero-order valence-corrected chi connectivity index (χ0v) is 11.4. The molecular weight excluding hydrogens is 236 g/mol. The molecule has 96 valence electrons. The summed E-state index contributed by atoms with van der Waals surface area (Å²) in [7, 11) is -3.38. The third kappa shape index (κ3) is 4.46. The maximum Gasteiger partial charge on any atom is 0.240 e. The minimum absolute atomic E-state index is 0.339.